The van der Waals surface area contributed by atoms with Gasteiger partial charge in [0, 0.05) is 13.3 Å². The lowest BCUT2D eigenvalue weighted by atomic mass is 9.65. The van der Waals surface area contributed by atoms with Gasteiger partial charge >= 0.3 is 0 Å². The summed E-state index contributed by atoms with van der Waals surface area (Å²) in [6.45, 7) is 4.44. The summed E-state index contributed by atoms with van der Waals surface area (Å²) >= 11 is 4.36. The quantitative estimate of drug-likeness (QED) is 0.150. The van der Waals surface area contributed by atoms with Crippen LogP contribution in [0.3, 0.4) is 0 Å². The van der Waals surface area contributed by atoms with Crippen LogP contribution in [-0.2, 0) is 5.41 Å². The molecule has 0 amide bonds. The van der Waals surface area contributed by atoms with Gasteiger partial charge in [-0.05, 0) is 69.8 Å². The lowest BCUT2D eigenvalue weighted by Gasteiger charge is -2.37. The van der Waals surface area contributed by atoms with Crippen LogP contribution in [0.2, 0.25) is 0 Å². The first-order valence-corrected chi connectivity index (χ1v) is 13.0. The summed E-state index contributed by atoms with van der Waals surface area (Å²) < 4.78 is 1.38. The summed E-state index contributed by atoms with van der Waals surface area (Å²) in [7, 11) is 0. The molecule has 4 aromatic carbocycles. The largest absolute Gasteiger partial charge is 0.139 e. The average Bonchev–Trinajstić information content (AvgIpc) is 3.14. The molecular weight excluding hydrogens is 531 g/mol. The molecule has 0 aliphatic heterocycles. The highest BCUT2D eigenvalue weighted by atomic mass is 127. The van der Waals surface area contributed by atoms with Crippen molar-refractivity contribution >= 4 is 33.9 Å². The second-order valence-electron chi connectivity index (χ2n) is 8.35. The fourth-order valence-electron chi connectivity index (χ4n) is 4.85. The molecule has 2 heteroatoms. The van der Waals surface area contributed by atoms with Gasteiger partial charge in [-0.15, -0.1) is 11.3 Å². The molecule has 33 heavy (non-hydrogen) atoms. The molecule has 0 saturated carbocycles. The van der Waals surface area contributed by atoms with E-state index in [9.17, 15) is 0 Å². The molecule has 0 saturated heterocycles. The predicted octanol–water partition coefficient (Wildman–Crippen LogP) is 9.02. The third-order valence-corrected chi connectivity index (χ3v) is 9.68. The minimum absolute atomic E-state index is 0.392. The molecule has 0 fully saturated rings. The second kappa shape index (κ2) is 9.28. The molecule has 162 valence electrons. The molecule has 5 rings (SSSR count). The maximum absolute atomic E-state index is 2.47. The zero-order valence-electron chi connectivity index (χ0n) is 18.8. The maximum Gasteiger partial charge on any atom is 0.0701 e. The summed E-state index contributed by atoms with van der Waals surface area (Å²) in [5.74, 6) is 0. The van der Waals surface area contributed by atoms with Crippen molar-refractivity contribution in [1.82, 2.24) is 0 Å². The molecule has 1 heterocycles. The van der Waals surface area contributed by atoms with Crippen LogP contribution < -0.4 is 0 Å². The monoisotopic (exact) mass is 556 g/mol. The Morgan fingerprint density at radius 2 is 0.939 bits per heavy atom. The third kappa shape index (κ3) is 3.85. The minimum Gasteiger partial charge on any atom is -0.139 e. The Bertz CT molecular complexity index is 1250. The number of rotatable bonds is 5. The van der Waals surface area contributed by atoms with Crippen molar-refractivity contribution in [3.05, 3.63) is 152 Å². The number of halogens is 1. The highest BCUT2D eigenvalue weighted by Crippen LogP contribution is 2.46. The topological polar surface area (TPSA) is 0 Å². The van der Waals surface area contributed by atoms with Crippen molar-refractivity contribution < 1.29 is 0 Å². The van der Waals surface area contributed by atoms with Gasteiger partial charge in [0.15, 0.2) is 0 Å². The van der Waals surface area contributed by atoms with E-state index in [1.807, 2.05) is 11.3 Å². The van der Waals surface area contributed by atoms with Crippen molar-refractivity contribution in [3.63, 3.8) is 0 Å². The van der Waals surface area contributed by atoms with Crippen molar-refractivity contribution in [2.24, 2.45) is 0 Å². The number of hydrogen-bond acceptors (Lipinski definition) is 1. The van der Waals surface area contributed by atoms with Gasteiger partial charge < -0.3 is 0 Å². The van der Waals surface area contributed by atoms with Crippen molar-refractivity contribution in [1.29, 1.82) is 0 Å². The molecular formula is C31H25IS. The Hall–Kier alpha value is -2.69. The molecule has 0 radical (unpaired) electrons. The Balaban J connectivity index is 1.77. The van der Waals surface area contributed by atoms with Crippen LogP contribution in [0.4, 0.5) is 0 Å². The number of thiophene rings is 1. The van der Waals surface area contributed by atoms with Gasteiger partial charge in [0.2, 0.25) is 0 Å². The summed E-state index contributed by atoms with van der Waals surface area (Å²) in [5.41, 5.74) is 7.36. The Morgan fingerprint density at radius 1 is 0.545 bits per heavy atom. The minimum atomic E-state index is -0.392. The van der Waals surface area contributed by atoms with Gasteiger partial charge in [-0.25, -0.2) is 0 Å². The Morgan fingerprint density at radius 3 is 1.30 bits per heavy atom. The van der Waals surface area contributed by atoms with E-state index >= 15 is 0 Å². The Kier molecular flexibility index (Phi) is 6.22. The van der Waals surface area contributed by atoms with Gasteiger partial charge in [-0.2, -0.15) is 0 Å². The summed E-state index contributed by atoms with van der Waals surface area (Å²) in [5, 5.41) is 0. The van der Waals surface area contributed by atoms with Gasteiger partial charge in [0.05, 0.1) is 5.41 Å². The molecule has 5 aromatic rings. The SMILES string of the molecule is Cc1sc(-c2ccc(C(c3ccccc3)(c3ccccc3)c3ccccc3)cc2)c(C)c1I. The van der Waals surface area contributed by atoms with Crippen LogP contribution in [0, 0.1) is 17.4 Å². The molecule has 0 aliphatic carbocycles. The van der Waals surface area contributed by atoms with Crippen LogP contribution in [0.5, 0.6) is 0 Å². The zero-order chi connectivity index (χ0) is 22.8. The molecule has 0 nitrogen and oxygen atoms in total. The van der Waals surface area contributed by atoms with E-state index in [1.165, 1.54) is 46.7 Å². The smallest absolute Gasteiger partial charge is 0.0701 e. The molecule has 1 aromatic heterocycles. The van der Waals surface area contributed by atoms with Crippen molar-refractivity contribution in [3.8, 4) is 10.4 Å². The molecule has 0 spiro atoms. The van der Waals surface area contributed by atoms with Crippen LogP contribution in [0.15, 0.2) is 115 Å². The molecule has 0 unspecified atom stereocenters. The van der Waals surface area contributed by atoms with Gasteiger partial charge in [0.25, 0.3) is 0 Å². The van der Waals surface area contributed by atoms with Crippen molar-refractivity contribution in [2.75, 3.05) is 0 Å². The van der Waals surface area contributed by atoms with Gasteiger partial charge in [-0.3, -0.25) is 0 Å². The average molecular weight is 557 g/mol. The van der Waals surface area contributed by atoms with Crippen LogP contribution >= 0.6 is 33.9 Å². The molecule has 0 atom stereocenters. The van der Waals surface area contributed by atoms with E-state index in [-0.39, 0.29) is 0 Å². The van der Waals surface area contributed by atoms with Crippen molar-refractivity contribution in [2.45, 2.75) is 19.3 Å². The first-order chi connectivity index (χ1) is 16.1. The number of benzene rings is 4. The molecule has 0 bridgehead atoms. The number of aryl methyl sites for hydroxylation is 1. The summed E-state index contributed by atoms with van der Waals surface area (Å²) in [4.78, 5) is 2.76. The lowest BCUT2D eigenvalue weighted by molar-refractivity contribution is 0.745. The number of hydrogen-bond donors (Lipinski definition) is 0. The van der Waals surface area contributed by atoms with Crippen LogP contribution in [-0.4, -0.2) is 0 Å². The Labute approximate surface area is 214 Å². The van der Waals surface area contributed by atoms with E-state index in [4.69, 9.17) is 0 Å². The van der Waals surface area contributed by atoms with E-state index in [2.05, 4.69) is 152 Å². The highest BCUT2D eigenvalue weighted by molar-refractivity contribution is 14.1. The molecule has 0 aliphatic rings. The maximum atomic E-state index is 2.47. The predicted molar refractivity (Wildman–Crippen MR) is 150 cm³/mol. The standard InChI is InChI=1S/C31H25IS/c1-22-29(32)23(2)33-30(22)24-18-20-28(21-19-24)31(25-12-6-3-7-13-25,26-14-8-4-9-15-26)27-16-10-5-11-17-27/h3-21H,1-2H3. The van der Waals surface area contributed by atoms with E-state index < -0.39 is 5.41 Å². The van der Waals surface area contributed by atoms with Gasteiger partial charge in [-0.1, -0.05) is 115 Å². The summed E-state index contributed by atoms with van der Waals surface area (Å²) in [6, 6.07) is 41.9. The van der Waals surface area contributed by atoms with Gasteiger partial charge in [0.1, 0.15) is 0 Å². The third-order valence-electron chi connectivity index (χ3n) is 6.43. The normalized spacial score (nSPS) is 11.5. The lowest BCUT2D eigenvalue weighted by Crippen LogP contribution is -2.30. The zero-order valence-corrected chi connectivity index (χ0v) is 21.7. The van der Waals surface area contributed by atoms with E-state index in [0.29, 0.717) is 0 Å². The van der Waals surface area contributed by atoms with Crippen LogP contribution in [0.25, 0.3) is 10.4 Å². The molecule has 0 N–H and O–H groups in total. The fourth-order valence-corrected chi connectivity index (χ4v) is 6.69. The van der Waals surface area contributed by atoms with Crippen LogP contribution in [0.1, 0.15) is 32.7 Å². The summed E-state index contributed by atoms with van der Waals surface area (Å²) in [6.07, 6.45) is 0. The van der Waals surface area contributed by atoms with E-state index in [0.717, 1.165) is 0 Å². The van der Waals surface area contributed by atoms with E-state index in [1.54, 1.807) is 0 Å². The fraction of sp³-hybridized carbons (Fsp3) is 0.0968. The first-order valence-electron chi connectivity index (χ1n) is 11.2. The first kappa shape index (κ1) is 22.1. The highest BCUT2D eigenvalue weighted by Gasteiger charge is 2.38. The second-order valence-corrected chi connectivity index (χ2v) is 10.7.